The fourth-order valence-corrected chi connectivity index (χ4v) is 5.47. The Hall–Kier alpha value is -3.24. The summed E-state index contributed by atoms with van der Waals surface area (Å²) in [6.45, 7) is 1.99. The van der Waals surface area contributed by atoms with Gasteiger partial charge in [-0.15, -0.1) is 0 Å². The van der Waals surface area contributed by atoms with Crippen LogP contribution in [0.3, 0.4) is 0 Å². The number of carbonyl (C=O) groups is 2. The van der Waals surface area contributed by atoms with Crippen LogP contribution in [0.2, 0.25) is 0 Å². The maximum absolute atomic E-state index is 13.3. The summed E-state index contributed by atoms with van der Waals surface area (Å²) in [6.07, 6.45) is 0. The fourth-order valence-electron chi connectivity index (χ4n) is 4.02. The number of Topliss-reactive ketones (excluding diaryl/α,β-unsaturated/α-hetero) is 1. The molecule has 1 atom stereocenters. The summed E-state index contributed by atoms with van der Waals surface area (Å²) >= 11 is 3.55. The predicted octanol–water partition coefficient (Wildman–Crippen LogP) is 5.84. The summed E-state index contributed by atoms with van der Waals surface area (Å²) < 4.78 is 7.13. The Morgan fingerprint density at radius 3 is 2.44 bits per heavy atom. The van der Waals surface area contributed by atoms with Gasteiger partial charge < -0.3 is 9.84 Å². The Balaban J connectivity index is 1.71. The molecule has 1 aliphatic rings. The van der Waals surface area contributed by atoms with Crippen molar-refractivity contribution >= 4 is 66.7 Å². The van der Waals surface area contributed by atoms with Gasteiger partial charge in [0.05, 0.1) is 28.9 Å². The van der Waals surface area contributed by atoms with Gasteiger partial charge in [0.1, 0.15) is 11.5 Å². The van der Waals surface area contributed by atoms with Crippen molar-refractivity contribution in [3.63, 3.8) is 0 Å². The number of rotatable bonds is 4. The van der Waals surface area contributed by atoms with Crippen LogP contribution in [-0.4, -0.2) is 28.9 Å². The van der Waals surface area contributed by atoms with Gasteiger partial charge in [-0.25, -0.2) is 4.98 Å². The number of aliphatic hydroxyl groups is 1. The van der Waals surface area contributed by atoms with Crippen molar-refractivity contribution in [3.05, 3.63) is 92.6 Å². The predicted molar refractivity (Wildman–Crippen MR) is 141 cm³/mol. The zero-order valence-electron chi connectivity index (χ0n) is 18.3. The molecule has 3 aromatic carbocycles. The summed E-state index contributed by atoms with van der Waals surface area (Å²) in [5.74, 6) is -1.07. The smallest absolute Gasteiger partial charge is 0.301 e. The zero-order valence-corrected chi connectivity index (χ0v) is 21.3. The lowest BCUT2D eigenvalue weighted by Crippen LogP contribution is -2.29. The number of halogens is 1. The Labute approximate surface area is 213 Å². The molecule has 0 spiro atoms. The van der Waals surface area contributed by atoms with Crippen LogP contribution in [0.15, 0.2) is 72.3 Å². The van der Waals surface area contributed by atoms with E-state index in [9.17, 15) is 14.7 Å². The number of ketones is 1. The largest absolute Gasteiger partial charge is 0.507 e. The van der Waals surface area contributed by atoms with Gasteiger partial charge in [-0.05, 0) is 89.2 Å². The van der Waals surface area contributed by atoms with Gasteiger partial charge >= 0.3 is 5.91 Å². The molecular formula is C26H19IN2O4S. The molecule has 1 fully saturated rings. The second kappa shape index (κ2) is 8.84. The number of amides is 1. The number of benzene rings is 3. The maximum Gasteiger partial charge on any atom is 0.301 e. The minimum absolute atomic E-state index is 0.0341. The lowest BCUT2D eigenvalue weighted by Gasteiger charge is -2.23. The number of aryl methyl sites for hydroxylation is 1. The molecule has 1 unspecified atom stereocenters. The van der Waals surface area contributed by atoms with Gasteiger partial charge in [-0.2, -0.15) is 0 Å². The Kier molecular flexibility index (Phi) is 5.86. The van der Waals surface area contributed by atoms with Crippen LogP contribution in [0.5, 0.6) is 5.75 Å². The molecule has 4 aromatic rings. The first-order valence-corrected chi connectivity index (χ1v) is 12.3. The molecule has 6 nitrogen and oxygen atoms in total. The first-order chi connectivity index (χ1) is 16.4. The highest BCUT2D eigenvalue weighted by atomic mass is 127. The third-order valence-electron chi connectivity index (χ3n) is 5.73. The van der Waals surface area contributed by atoms with E-state index in [1.165, 1.54) is 16.2 Å². The number of aromatic nitrogens is 1. The van der Waals surface area contributed by atoms with E-state index in [4.69, 9.17) is 4.74 Å². The lowest BCUT2D eigenvalue weighted by atomic mass is 9.95. The third-order valence-corrected chi connectivity index (χ3v) is 7.47. The standard InChI is InChI=1S/C26H19IN2O4S/c1-14-3-12-19-20(13-14)34-26(28-19)29-22(15-4-8-17(27)9-5-15)21(24(31)25(29)32)23(30)16-6-10-18(33-2)11-7-16/h3-13,22,30H,1-2H3. The monoisotopic (exact) mass is 582 g/mol. The molecule has 8 heteroatoms. The van der Waals surface area contributed by atoms with Crippen molar-refractivity contribution in [1.29, 1.82) is 0 Å². The van der Waals surface area contributed by atoms with E-state index >= 15 is 0 Å². The van der Waals surface area contributed by atoms with Crippen LogP contribution < -0.4 is 9.64 Å². The molecule has 170 valence electrons. The van der Waals surface area contributed by atoms with E-state index in [0.29, 0.717) is 22.0 Å². The van der Waals surface area contributed by atoms with Gasteiger partial charge in [0, 0.05) is 9.13 Å². The normalized spacial score (nSPS) is 17.5. The highest BCUT2D eigenvalue weighted by molar-refractivity contribution is 14.1. The van der Waals surface area contributed by atoms with Gasteiger partial charge in [-0.1, -0.05) is 29.5 Å². The molecule has 2 heterocycles. The van der Waals surface area contributed by atoms with Crippen molar-refractivity contribution in [1.82, 2.24) is 4.98 Å². The molecular weight excluding hydrogens is 563 g/mol. The number of fused-ring (bicyclic) bond motifs is 1. The highest BCUT2D eigenvalue weighted by Gasteiger charge is 2.48. The van der Waals surface area contributed by atoms with E-state index < -0.39 is 17.7 Å². The number of aliphatic hydroxyl groups excluding tert-OH is 1. The number of methoxy groups -OCH3 is 1. The van der Waals surface area contributed by atoms with Crippen LogP contribution in [-0.2, 0) is 9.59 Å². The van der Waals surface area contributed by atoms with E-state index in [1.807, 2.05) is 49.4 Å². The quantitative estimate of drug-likeness (QED) is 0.142. The Bertz CT molecular complexity index is 1460. The van der Waals surface area contributed by atoms with Gasteiger partial charge in [-0.3, -0.25) is 14.5 Å². The van der Waals surface area contributed by atoms with Crippen molar-refractivity contribution in [2.24, 2.45) is 0 Å². The highest BCUT2D eigenvalue weighted by Crippen LogP contribution is 2.44. The molecule has 0 bridgehead atoms. The van der Waals surface area contributed by atoms with Crippen molar-refractivity contribution in [2.75, 3.05) is 12.0 Å². The molecule has 1 aromatic heterocycles. The molecule has 1 saturated heterocycles. The number of nitrogens with zero attached hydrogens (tertiary/aromatic N) is 2. The molecule has 0 radical (unpaired) electrons. The minimum Gasteiger partial charge on any atom is -0.507 e. The van der Waals surface area contributed by atoms with Crippen molar-refractivity contribution in [2.45, 2.75) is 13.0 Å². The van der Waals surface area contributed by atoms with Crippen molar-refractivity contribution < 1.29 is 19.4 Å². The summed E-state index contributed by atoms with van der Waals surface area (Å²) in [5.41, 5.74) is 3.01. The van der Waals surface area contributed by atoms with Crippen LogP contribution in [0, 0.1) is 10.5 Å². The fraction of sp³-hybridized carbons (Fsp3) is 0.115. The number of hydrogen-bond donors (Lipinski definition) is 1. The summed E-state index contributed by atoms with van der Waals surface area (Å²) in [7, 11) is 1.55. The summed E-state index contributed by atoms with van der Waals surface area (Å²) in [5, 5.41) is 11.6. The molecule has 34 heavy (non-hydrogen) atoms. The van der Waals surface area contributed by atoms with Crippen LogP contribution in [0.4, 0.5) is 5.13 Å². The average Bonchev–Trinajstić information content (AvgIpc) is 3.37. The topological polar surface area (TPSA) is 79.7 Å². The Morgan fingerprint density at radius 1 is 1.06 bits per heavy atom. The first kappa shape index (κ1) is 22.5. The van der Waals surface area contributed by atoms with Gasteiger partial charge in [0.25, 0.3) is 5.78 Å². The van der Waals surface area contributed by atoms with Crippen LogP contribution >= 0.6 is 33.9 Å². The van der Waals surface area contributed by atoms with E-state index in [0.717, 1.165) is 19.4 Å². The lowest BCUT2D eigenvalue weighted by molar-refractivity contribution is -0.132. The maximum atomic E-state index is 13.3. The first-order valence-electron chi connectivity index (χ1n) is 10.5. The van der Waals surface area contributed by atoms with Crippen LogP contribution in [0.25, 0.3) is 16.0 Å². The van der Waals surface area contributed by atoms with Gasteiger partial charge in [0.15, 0.2) is 5.13 Å². The Morgan fingerprint density at radius 2 is 1.76 bits per heavy atom. The minimum atomic E-state index is -0.805. The number of hydrogen-bond acceptors (Lipinski definition) is 6. The van der Waals surface area contributed by atoms with E-state index in [2.05, 4.69) is 27.6 Å². The average molecular weight is 582 g/mol. The SMILES string of the molecule is COc1ccc(C(O)=C2C(=O)C(=O)N(c3nc4ccc(C)cc4s3)C2c2ccc(I)cc2)cc1. The summed E-state index contributed by atoms with van der Waals surface area (Å²) in [4.78, 5) is 32.7. The summed E-state index contributed by atoms with van der Waals surface area (Å²) in [6, 6.07) is 19.3. The third kappa shape index (κ3) is 3.86. The second-order valence-electron chi connectivity index (χ2n) is 7.92. The number of ether oxygens (including phenoxy) is 1. The molecule has 1 amide bonds. The zero-order chi connectivity index (χ0) is 24.0. The van der Waals surface area contributed by atoms with E-state index in [1.54, 1.807) is 31.4 Å². The molecule has 0 aliphatic carbocycles. The second-order valence-corrected chi connectivity index (χ2v) is 10.2. The number of thiazole rings is 1. The van der Waals surface area contributed by atoms with Gasteiger partial charge in [0.2, 0.25) is 0 Å². The molecule has 5 rings (SSSR count). The van der Waals surface area contributed by atoms with Crippen molar-refractivity contribution in [3.8, 4) is 5.75 Å². The number of carbonyl (C=O) groups excluding carboxylic acids is 2. The van der Waals surface area contributed by atoms with Crippen LogP contribution in [0.1, 0.15) is 22.7 Å². The molecule has 1 aliphatic heterocycles. The van der Waals surface area contributed by atoms with E-state index in [-0.39, 0.29) is 11.3 Å². The molecule has 0 saturated carbocycles. The number of anilines is 1. The molecule has 1 N–H and O–H groups in total.